The van der Waals surface area contributed by atoms with Gasteiger partial charge in [-0.15, -0.1) is 0 Å². The van der Waals surface area contributed by atoms with E-state index in [-0.39, 0.29) is 28.9 Å². The van der Waals surface area contributed by atoms with Gasteiger partial charge in [0.25, 0.3) is 5.91 Å². The third-order valence-electron chi connectivity index (χ3n) is 4.70. The van der Waals surface area contributed by atoms with Crippen LogP contribution < -0.4 is 5.32 Å². The molecular weight excluding hydrogens is 324 g/mol. The van der Waals surface area contributed by atoms with Crippen molar-refractivity contribution in [3.63, 3.8) is 0 Å². The lowest BCUT2D eigenvalue weighted by molar-refractivity contribution is 0.0296. The van der Waals surface area contributed by atoms with Gasteiger partial charge in [0.05, 0.1) is 18.8 Å². The van der Waals surface area contributed by atoms with Crippen LogP contribution in [0.5, 0.6) is 5.75 Å². The monoisotopic (exact) mass is 348 g/mol. The van der Waals surface area contributed by atoms with Crippen LogP contribution in [0.15, 0.2) is 6.07 Å². The maximum absolute atomic E-state index is 12.4. The van der Waals surface area contributed by atoms with Crippen molar-refractivity contribution in [1.82, 2.24) is 10.2 Å². The number of aromatic hydroxyl groups is 1. The molecule has 0 radical (unpaired) electrons. The van der Waals surface area contributed by atoms with Crippen molar-refractivity contribution >= 4 is 11.9 Å². The summed E-state index contributed by atoms with van der Waals surface area (Å²) in [7, 11) is 0. The lowest BCUT2D eigenvalue weighted by atomic mass is 9.91. The highest BCUT2D eigenvalue weighted by Gasteiger charge is 2.31. The summed E-state index contributed by atoms with van der Waals surface area (Å²) in [5, 5.41) is 13.3. The van der Waals surface area contributed by atoms with E-state index in [1.54, 1.807) is 6.07 Å². The predicted molar refractivity (Wildman–Crippen MR) is 91.0 cm³/mol. The van der Waals surface area contributed by atoms with Gasteiger partial charge in [0, 0.05) is 32.6 Å². The van der Waals surface area contributed by atoms with Crippen molar-refractivity contribution in [2.45, 2.75) is 26.4 Å². The Morgan fingerprint density at radius 3 is 2.84 bits per heavy atom. The molecule has 1 fully saturated rings. The molecule has 0 aromatic heterocycles. The summed E-state index contributed by atoms with van der Waals surface area (Å²) in [6.07, 6.45) is 0.311. The second kappa shape index (κ2) is 7.41. The first-order valence-corrected chi connectivity index (χ1v) is 8.62. The zero-order valence-corrected chi connectivity index (χ0v) is 14.6. The summed E-state index contributed by atoms with van der Waals surface area (Å²) in [6.45, 7) is 7.96. The molecule has 136 valence electrons. The van der Waals surface area contributed by atoms with Gasteiger partial charge in [-0.2, -0.15) is 0 Å². The van der Waals surface area contributed by atoms with E-state index >= 15 is 0 Å². The number of ether oxygens (including phenoxy) is 2. The van der Waals surface area contributed by atoms with E-state index in [0.717, 1.165) is 30.8 Å². The van der Waals surface area contributed by atoms with E-state index < -0.39 is 5.97 Å². The van der Waals surface area contributed by atoms with Gasteiger partial charge < -0.3 is 19.9 Å². The number of benzene rings is 1. The van der Waals surface area contributed by atoms with Crippen LogP contribution in [-0.2, 0) is 15.9 Å². The van der Waals surface area contributed by atoms with E-state index in [0.29, 0.717) is 26.2 Å². The lowest BCUT2D eigenvalue weighted by Crippen LogP contribution is -2.41. The standard InChI is InChI=1S/C18H24N2O5/c1-11-9-14(16(21)15-13(11)10-12(2)25-18(15)23)17(22)19-3-4-20-5-7-24-8-6-20/h9,12,21H,3-8,10H2,1-2H3,(H,19,22)/t12-/m1/s1. The van der Waals surface area contributed by atoms with Crippen molar-refractivity contribution in [2.24, 2.45) is 0 Å². The Kier molecular flexibility index (Phi) is 5.24. The Hall–Kier alpha value is -2.12. The van der Waals surface area contributed by atoms with Crippen LogP contribution in [0, 0.1) is 6.92 Å². The number of nitrogens with zero attached hydrogens (tertiary/aromatic N) is 1. The van der Waals surface area contributed by atoms with Gasteiger partial charge in [0.1, 0.15) is 17.4 Å². The quantitative estimate of drug-likeness (QED) is 0.785. The molecular formula is C18H24N2O5. The fraction of sp³-hybridized carbons (Fsp3) is 0.556. The number of rotatable bonds is 4. The number of fused-ring (bicyclic) bond motifs is 1. The van der Waals surface area contributed by atoms with Crippen LogP contribution in [0.4, 0.5) is 0 Å². The zero-order valence-electron chi connectivity index (χ0n) is 14.6. The van der Waals surface area contributed by atoms with E-state index in [9.17, 15) is 14.7 Å². The number of amides is 1. The van der Waals surface area contributed by atoms with Crippen molar-refractivity contribution in [3.05, 3.63) is 28.3 Å². The molecule has 2 aliphatic rings. The van der Waals surface area contributed by atoms with Gasteiger partial charge in [-0.25, -0.2) is 4.79 Å². The molecule has 7 nitrogen and oxygen atoms in total. The van der Waals surface area contributed by atoms with Crippen LogP contribution in [0.1, 0.15) is 38.8 Å². The third-order valence-corrected chi connectivity index (χ3v) is 4.70. The summed E-state index contributed by atoms with van der Waals surface area (Å²) >= 11 is 0. The molecule has 25 heavy (non-hydrogen) atoms. The average molecular weight is 348 g/mol. The molecule has 0 bridgehead atoms. The molecule has 0 unspecified atom stereocenters. The topological polar surface area (TPSA) is 88.1 Å². The Bertz CT molecular complexity index is 683. The smallest absolute Gasteiger partial charge is 0.342 e. The molecule has 7 heteroatoms. The Morgan fingerprint density at radius 1 is 1.40 bits per heavy atom. The van der Waals surface area contributed by atoms with Crippen molar-refractivity contribution in [2.75, 3.05) is 39.4 Å². The zero-order chi connectivity index (χ0) is 18.0. The number of esters is 1. The number of phenolic OH excluding ortho intramolecular Hbond substituents is 1. The molecule has 0 spiro atoms. The molecule has 1 amide bonds. The van der Waals surface area contributed by atoms with Crippen LogP contribution in [0.3, 0.4) is 0 Å². The summed E-state index contributed by atoms with van der Waals surface area (Å²) in [5.41, 5.74) is 1.81. The molecule has 0 saturated carbocycles. The number of nitrogens with one attached hydrogen (secondary N) is 1. The molecule has 1 aromatic rings. The first-order chi connectivity index (χ1) is 12.0. The van der Waals surface area contributed by atoms with Crippen LogP contribution in [0.25, 0.3) is 0 Å². The second-order valence-electron chi connectivity index (χ2n) is 6.57. The van der Waals surface area contributed by atoms with Gasteiger partial charge in [-0.05, 0) is 31.0 Å². The first kappa shape index (κ1) is 17.7. The van der Waals surface area contributed by atoms with Gasteiger partial charge in [-0.1, -0.05) is 0 Å². The van der Waals surface area contributed by atoms with Crippen molar-refractivity contribution in [3.8, 4) is 5.75 Å². The van der Waals surface area contributed by atoms with Crippen LogP contribution in [-0.4, -0.2) is 67.4 Å². The second-order valence-corrected chi connectivity index (χ2v) is 6.57. The SMILES string of the molecule is Cc1cc(C(=O)NCCN2CCOCC2)c(O)c2c1C[C@@H](C)OC2=O. The van der Waals surface area contributed by atoms with E-state index in [1.165, 1.54) is 0 Å². The fourth-order valence-corrected chi connectivity index (χ4v) is 3.32. The molecule has 1 atom stereocenters. The summed E-state index contributed by atoms with van der Waals surface area (Å²) < 4.78 is 10.5. The maximum atomic E-state index is 12.4. The van der Waals surface area contributed by atoms with E-state index in [1.807, 2.05) is 13.8 Å². The lowest BCUT2D eigenvalue weighted by Gasteiger charge is -2.27. The van der Waals surface area contributed by atoms with Gasteiger partial charge >= 0.3 is 5.97 Å². The normalized spacial score (nSPS) is 20.7. The maximum Gasteiger partial charge on any atom is 0.342 e. The van der Waals surface area contributed by atoms with E-state index in [4.69, 9.17) is 9.47 Å². The van der Waals surface area contributed by atoms with Gasteiger partial charge in [-0.3, -0.25) is 9.69 Å². The van der Waals surface area contributed by atoms with Crippen molar-refractivity contribution < 1.29 is 24.2 Å². The summed E-state index contributed by atoms with van der Waals surface area (Å²) in [6, 6.07) is 1.64. The molecule has 2 N–H and O–H groups in total. The minimum absolute atomic E-state index is 0.115. The number of hydrogen-bond donors (Lipinski definition) is 2. The first-order valence-electron chi connectivity index (χ1n) is 8.62. The molecule has 3 rings (SSSR count). The summed E-state index contributed by atoms with van der Waals surface area (Å²) in [5.74, 6) is -1.25. The molecule has 1 saturated heterocycles. The number of phenols is 1. The Morgan fingerprint density at radius 2 is 2.12 bits per heavy atom. The number of carbonyl (C=O) groups is 2. The number of cyclic esters (lactones) is 1. The number of hydrogen-bond acceptors (Lipinski definition) is 6. The average Bonchev–Trinajstić information content (AvgIpc) is 2.58. The van der Waals surface area contributed by atoms with Crippen LogP contribution in [0.2, 0.25) is 0 Å². The molecule has 2 aliphatic heterocycles. The number of aryl methyl sites for hydroxylation is 1. The predicted octanol–water partition coefficient (Wildman–Crippen LogP) is 0.864. The van der Waals surface area contributed by atoms with E-state index in [2.05, 4.69) is 10.2 Å². The summed E-state index contributed by atoms with van der Waals surface area (Å²) in [4.78, 5) is 26.8. The highest BCUT2D eigenvalue weighted by molar-refractivity contribution is 6.04. The van der Waals surface area contributed by atoms with Crippen LogP contribution >= 0.6 is 0 Å². The number of carbonyl (C=O) groups excluding carboxylic acids is 2. The molecule has 0 aliphatic carbocycles. The highest BCUT2D eigenvalue weighted by Crippen LogP contribution is 2.34. The minimum Gasteiger partial charge on any atom is -0.506 e. The van der Waals surface area contributed by atoms with Gasteiger partial charge in [0.2, 0.25) is 0 Å². The highest BCUT2D eigenvalue weighted by atomic mass is 16.5. The fourth-order valence-electron chi connectivity index (χ4n) is 3.32. The van der Waals surface area contributed by atoms with Gasteiger partial charge in [0.15, 0.2) is 0 Å². The minimum atomic E-state index is -0.572. The molecule has 2 heterocycles. The Balaban J connectivity index is 1.71. The third kappa shape index (κ3) is 3.77. The number of morpholine rings is 1. The largest absolute Gasteiger partial charge is 0.506 e. The van der Waals surface area contributed by atoms with Crippen molar-refractivity contribution in [1.29, 1.82) is 0 Å². The Labute approximate surface area is 146 Å². The molecule has 1 aromatic carbocycles.